The van der Waals surface area contributed by atoms with Crippen molar-refractivity contribution in [1.82, 2.24) is 14.9 Å². The molecule has 0 saturated carbocycles. The summed E-state index contributed by atoms with van der Waals surface area (Å²) in [6, 6.07) is 7.68. The van der Waals surface area contributed by atoms with Crippen molar-refractivity contribution in [1.29, 1.82) is 0 Å². The monoisotopic (exact) mass is 402 g/mol. The third-order valence-electron chi connectivity index (χ3n) is 4.61. The van der Waals surface area contributed by atoms with Gasteiger partial charge in [-0.15, -0.1) is 0 Å². The Labute approximate surface area is 171 Å². The highest BCUT2D eigenvalue weighted by atomic mass is 32.2. The quantitative estimate of drug-likeness (QED) is 0.594. The molecule has 1 aromatic heterocycles. The second kappa shape index (κ2) is 10.9. The van der Waals surface area contributed by atoms with Gasteiger partial charge in [-0.05, 0) is 38.3 Å². The summed E-state index contributed by atoms with van der Waals surface area (Å²) in [5.41, 5.74) is 4.00. The molecule has 0 fully saturated rings. The maximum absolute atomic E-state index is 12.2. The highest BCUT2D eigenvalue weighted by Crippen LogP contribution is 2.21. The van der Waals surface area contributed by atoms with Crippen LogP contribution in [0.25, 0.3) is 0 Å². The van der Waals surface area contributed by atoms with E-state index >= 15 is 0 Å². The molecule has 0 spiro atoms. The molecule has 0 bridgehead atoms. The molecular formula is C21H30N4O2S. The summed E-state index contributed by atoms with van der Waals surface area (Å²) in [5.74, 6) is -0.166. The van der Waals surface area contributed by atoms with Gasteiger partial charge < -0.3 is 15.2 Å². The molecule has 2 N–H and O–H groups in total. The number of aryl methyl sites for hydroxylation is 2. The molecule has 28 heavy (non-hydrogen) atoms. The summed E-state index contributed by atoms with van der Waals surface area (Å²) in [4.78, 5) is 28.9. The van der Waals surface area contributed by atoms with Crippen LogP contribution in [0.1, 0.15) is 43.6 Å². The smallest absolute Gasteiger partial charge is 0.243 e. The van der Waals surface area contributed by atoms with Crippen LogP contribution >= 0.6 is 11.8 Å². The predicted molar refractivity (Wildman–Crippen MR) is 115 cm³/mol. The Hall–Kier alpha value is -2.28. The Morgan fingerprint density at radius 1 is 1.14 bits per heavy atom. The van der Waals surface area contributed by atoms with Crippen LogP contribution in [0.3, 0.4) is 0 Å². The fourth-order valence-electron chi connectivity index (χ4n) is 2.82. The zero-order valence-corrected chi connectivity index (χ0v) is 18.0. The molecule has 0 saturated heterocycles. The van der Waals surface area contributed by atoms with Gasteiger partial charge in [0.1, 0.15) is 0 Å². The van der Waals surface area contributed by atoms with E-state index in [1.807, 2.05) is 38.1 Å². The number of hydrogen-bond donors (Lipinski definition) is 2. The van der Waals surface area contributed by atoms with Crippen LogP contribution in [0.15, 0.2) is 29.4 Å². The maximum atomic E-state index is 12.2. The number of nitrogens with zero attached hydrogens (tertiary/aromatic N) is 2. The fraction of sp³-hybridized carbons (Fsp3) is 0.476. The summed E-state index contributed by atoms with van der Waals surface area (Å²) in [5, 5.41) is 6.40. The molecule has 1 aromatic carbocycles. The highest BCUT2D eigenvalue weighted by Gasteiger charge is 2.14. The number of thioether (sulfide) groups is 1. The average molecular weight is 403 g/mol. The van der Waals surface area contributed by atoms with Crippen molar-refractivity contribution in [2.45, 2.75) is 58.7 Å². The highest BCUT2D eigenvalue weighted by molar-refractivity contribution is 7.99. The molecule has 152 valence electrons. The van der Waals surface area contributed by atoms with E-state index in [2.05, 4.69) is 34.0 Å². The number of hydrogen-bond acceptors (Lipinski definition) is 4. The maximum Gasteiger partial charge on any atom is 0.243 e. The van der Waals surface area contributed by atoms with Gasteiger partial charge in [-0.25, -0.2) is 4.98 Å². The zero-order chi connectivity index (χ0) is 20.5. The minimum absolute atomic E-state index is 0.0419. The lowest BCUT2D eigenvalue weighted by Crippen LogP contribution is -2.34. The molecule has 1 heterocycles. The number of nitrogens with one attached hydrogen (secondary N) is 2. The number of amides is 2. The second-order valence-electron chi connectivity index (χ2n) is 6.69. The Morgan fingerprint density at radius 2 is 1.89 bits per heavy atom. The van der Waals surface area contributed by atoms with Crippen molar-refractivity contribution >= 4 is 29.3 Å². The Morgan fingerprint density at radius 3 is 2.61 bits per heavy atom. The van der Waals surface area contributed by atoms with Crippen LogP contribution in [-0.4, -0.2) is 33.7 Å². The second-order valence-corrected chi connectivity index (χ2v) is 7.64. The molecule has 2 rings (SSSR count). The van der Waals surface area contributed by atoms with Gasteiger partial charge in [-0.1, -0.05) is 50.2 Å². The van der Waals surface area contributed by atoms with E-state index in [9.17, 15) is 9.59 Å². The van der Waals surface area contributed by atoms with Crippen molar-refractivity contribution in [3.63, 3.8) is 0 Å². The van der Waals surface area contributed by atoms with Gasteiger partial charge in [-0.3, -0.25) is 9.59 Å². The summed E-state index contributed by atoms with van der Waals surface area (Å²) in [7, 11) is 0. The molecule has 0 aliphatic rings. The molecule has 2 aromatic rings. The van der Waals surface area contributed by atoms with Gasteiger partial charge in [0.25, 0.3) is 0 Å². The van der Waals surface area contributed by atoms with Gasteiger partial charge in [0, 0.05) is 17.9 Å². The van der Waals surface area contributed by atoms with Gasteiger partial charge in [0.15, 0.2) is 5.16 Å². The standard InChI is InChI=1S/C21H30N4O2S/c1-5-7-12-25-16(4)15(3)23-21(25)28-14-20(27)22-13-19(26)24-18-11-9-8-10-17(18)6-2/h8-11H,5-7,12-14H2,1-4H3,(H,22,27)(H,24,26). The van der Waals surface area contributed by atoms with Crippen LogP contribution in [0, 0.1) is 13.8 Å². The predicted octanol–water partition coefficient (Wildman–Crippen LogP) is 3.71. The Balaban J connectivity index is 1.83. The molecule has 0 unspecified atom stereocenters. The molecule has 0 aliphatic carbocycles. The van der Waals surface area contributed by atoms with E-state index in [4.69, 9.17) is 0 Å². The van der Waals surface area contributed by atoms with E-state index in [1.54, 1.807) is 0 Å². The number of carbonyl (C=O) groups excluding carboxylic acids is 2. The average Bonchev–Trinajstić information content (AvgIpc) is 2.96. The molecular weight excluding hydrogens is 372 g/mol. The van der Waals surface area contributed by atoms with Crippen molar-refractivity contribution in [3.05, 3.63) is 41.2 Å². The third-order valence-corrected chi connectivity index (χ3v) is 5.59. The SMILES string of the molecule is CCCCn1c(SCC(=O)NCC(=O)Nc2ccccc2CC)nc(C)c1C. The topological polar surface area (TPSA) is 76.0 Å². The first-order chi connectivity index (χ1) is 13.5. The lowest BCUT2D eigenvalue weighted by atomic mass is 10.1. The molecule has 0 radical (unpaired) electrons. The molecule has 2 amide bonds. The van der Waals surface area contributed by atoms with Crippen molar-refractivity contribution in [2.75, 3.05) is 17.6 Å². The number of anilines is 1. The van der Waals surface area contributed by atoms with Crippen LogP contribution in [0.2, 0.25) is 0 Å². The molecule has 0 aliphatic heterocycles. The molecule has 0 atom stereocenters. The van der Waals surface area contributed by atoms with Crippen LogP contribution < -0.4 is 10.6 Å². The van der Waals surface area contributed by atoms with Gasteiger partial charge >= 0.3 is 0 Å². The normalized spacial score (nSPS) is 10.7. The number of aromatic nitrogens is 2. The lowest BCUT2D eigenvalue weighted by molar-refractivity contribution is -0.122. The Kier molecular flexibility index (Phi) is 8.57. The van der Waals surface area contributed by atoms with E-state index in [0.29, 0.717) is 0 Å². The van der Waals surface area contributed by atoms with Gasteiger partial charge in [0.2, 0.25) is 11.8 Å². The lowest BCUT2D eigenvalue weighted by Gasteiger charge is -2.11. The first kappa shape index (κ1) is 22.0. The van der Waals surface area contributed by atoms with Crippen molar-refractivity contribution in [3.8, 4) is 0 Å². The number of rotatable bonds is 10. The first-order valence-corrected chi connectivity index (χ1v) is 10.8. The number of carbonyl (C=O) groups is 2. The summed E-state index contributed by atoms with van der Waals surface area (Å²) in [6.07, 6.45) is 3.02. The molecule has 6 nitrogen and oxygen atoms in total. The summed E-state index contributed by atoms with van der Waals surface area (Å²) < 4.78 is 2.17. The largest absolute Gasteiger partial charge is 0.346 e. The fourth-order valence-corrected chi connectivity index (χ4v) is 3.77. The van der Waals surface area contributed by atoms with Crippen molar-refractivity contribution in [2.24, 2.45) is 0 Å². The van der Waals surface area contributed by atoms with Gasteiger partial charge in [0.05, 0.1) is 18.0 Å². The van der Waals surface area contributed by atoms with Crippen molar-refractivity contribution < 1.29 is 9.59 Å². The Bertz CT molecular complexity index is 817. The van der Waals surface area contributed by atoms with Crippen LogP contribution in [0.5, 0.6) is 0 Å². The van der Waals surface area contributed by atoms with Crippen LogP contribution in [0.4, 0.5) is 5.69 Å². The van der Waals surface area contributed by atoms with Crippen LogP contribution in [-0.2, 0) is 22.6 Å². The number of para-hydroxylation sites is 1. The summed E-state index contributed by atoms with van der Waals surface area (Å²) in [6.45, 7) is 9.11. The number of benzene rings is 1. The summed E-state index contributed by atoms with van der Waals surface area (Å²) >= 11 is 1.41. The third kappa shape index (κ3) is 6.12. The van der Waals surface area contributed by atoms with E-state index in [1.165, 1.54) is 11.8 Å². The minimum Gasteiger partial charge on any atom is -0.346 e. The van der Waals surface area contributed by atoms with Gasteiger partial charge in [-0.2, -0.15) is 0 Å². The number of unbranched alkanes of at least 4 members (excludes halogenated alkanes) is 1. The first-order valence-electron chi connectivity index (χ1n) is 9.77. The minimum atomic E-state index is -0.226. The van der Waals surface area contributed by atoms with E-state index in [-0.39, 0.29) is 24.1 Å². The van der Waals surface area contributed by atoms with E-state index in [0.717, 1.165) is 53.6 Å². The van der Waals surface area contributed by atoms with E-state index < -0.39 is 0 Å². The molecule has 7 heteroatoms. The number of imidazole rings is 1. The zero-order valence-electron chi connectivity index (χ0n) is 17.2.